The second-order valence-corrected chi connectivity index (χ2v) is 7.64. The lowest BCUT2D eigenvalue weighted by atomic mass is 9.63. The topological polar surface area (TPSA) is 50.7 Å². The van der Waals surface area contributed by atoms with Gasteiger partial charge in [-0.3, -0.25) is 0 Å². The first-order valence-corrected chi connectivity index (χ1v) is 9.46. The third-order valence-electron chi connectivity index (χ3n) is 6.30. The van der Waals surface area contributed by atoms with Gasteiger partial charge in [0.2, 0.25) is 0 Å². The average molecular weight is 331 g/mol. The first-order chi connectivity index (χ1) is 11.8. The third kappa shape index (κ3) is 3.01. The van der Waals surface area contributed by atoms with Crippen LogP contribution in [0.1, 0.15) is 48.8 Å². The molecule has 24 heavy (non-hydrogen) atoms. The Morgan fingerprint density at radius 1 is 1.25 bits per heavy atom. The molecule has 3 aliphatic rings. The Bertz CT molecular complexity index is 558. The minimum Gasteiger partial charge on any atom is -0.396 e. The van der Waals surface area contributed by atoms with E-state index in [1.54, 1.807) is 0 Å². The summed E-state index contributed by atoms with van der Waals surface area (Å²) in [6.07, 6.45) is 6.96. The normalized spacial score (nSPS) is 26.6. The van der Waals surface area contributed by atoms with Gasteiger partial charge in [-0.05, 0) is 48.8 Å². The smallest absolute Gasteiger partial charge is 0.0735 e. The molecule has 4 heteroatoms. The number of ether oxygens (including phenoxy) is 2. The van der Waals surface area contributed by atoms with Crippen LogP contribution in [0.5, 0.6) is 0 Å². The monoisotopic (exact) mass is 331 g/mol. The molecule has 2 fully saturated rings. The van der Waals surface area contributed by atoms with Crippen molar-refractivity contribution in [3.63, 3.8) is 0 Å². The van der Waals surface area contributed by atoms with Gasteiger partial charge in [-0.25, -0.2) is 0 Å². The van der Waals surface area contributed by atoms with E-state index in [0.717, 1.165) is 58.5 Å². The molecule has 2 atom stereocenters. The van der Waals surface area contributed by atoms with Gasteiger partial charge in [-0.15, -0.1) is 0 Å². The van der Waals surface area contributed by atoms with E-state index in [0.29, 0.717) is 0 Å². The van der Waals surface area contributed by atoms with Crippen molar-refractivity contribution in [3.8, 4) is 0 Å². The minimum absolute atomic E-state index is 0.0208. The van der Waals surface area contributed by atoms with E-state index in [1.807, 2.05) is 0 Å². The first kappa shape index (κ1) is 16.5. The molecule has 4 rings (SSSR count). The predicted molar refractivity (Wildman–Crippen MR) is 92.8 cm³/mol. The molecule has 1 aromatic rings. The molecule has 0 spiro atoms. The lowest BCUT2D eigenvalue weighted by Gasteiger charge is -2.49. The van der Waals surface area contributed by atoms with Crippen LogP contribution < -0.4 is 5.32 Å². The summed E-state index contributed by atoms with van der Waals surface area (Å²) in [7, 11) is 0. The molecule has 4 nitrogen and oxygen atoms in total. The standard InChI is InChI=1S/C20H29NO3/c22-14-20(8-3-9-20)19(18-6-2-10-24-18)21-12-15-4-1-5-16-13-23-11-7-17(15)16/h1,4-5,18-19,21-22H,2-3,6-14H2. The molecule has 2 aliphatic heterocycles. The van der Waals surface area contributed by atoms with Crippen LogP contribution >= 0.6 is 0 Å². The molecule has 132 valence electrons. The molecule has 1 saturated carbocycles. The number of aliphatic hydroxyl groups excluding tert-OH is 1. The zero-order valence-electron chi connectivity index (χ0n) is 14.4. The summed E-state index contributed by atoms with van der Waals surface area (Å²) in [5, 5.41) is 13.8. The summed E-state index contributed by atoms with van der Waals surface area (Å²) in [4.78, 5) is 0. The van der Waals surface area contributed by atoms with E-state index in [2.05, 4.69) is 23.5 Å². The van der Waals surface area contributed by atoms with Crippen molar-refractivity contribution in [1.82, 2.24) is 5.32 Å². The molecule has 0 amide bonds. The van der Waals surface area contributed by atoms with Crippen LogP contribution in [0.4, 0.5) is 0 Å². The van der Waals surface area contributed by atoms with Crippen molar-refractivity contribution in [1.29, 1.82) is 0 Å². The van der Waals surface area contributed by atoms with Crippen molar-refractivity contribution in [2.45, 2.75) is 63.8 Å². The van der Waals surface area contributed by atoms with Crippen LogP contribution in [0.25, 0.3) is 0 Å². The molecular formula is C20H29NO3. The molecule has 0 aromatic heterocycles. The maximum Gasteiger partial charge on any atom is 0.0735 e. The zero-order chi connectivity index (χ0) is 16.4. The highest BCUT2D eigenvalue weighted by molar-refractivity contribution is 5.36. The van der Waals surface area contributed by atoms with Crippen LogP contribution in [-0.4, -0.2) is 37.1 Å². The summed E-state index contributed by atoms with van der Waals surface area (Å²) >= 11 is 0. The molecule has 2 unspecified atom stereocenters. The second-order valence-electron chi connectivity index (χ2n) is 7.64. The molecule has 0 radical (unpaired) electrons. The molecule has 2 heterocycles. The number of hydrogen-bond donors (Lipinski definition) is 2. The van der Waals surface area contributed by atoms with E-state index in [9.17, 15) is 5.11 Å². The maximum absolute atomic E-state index is 10.0. The molecule has 1 saturated heterocycles. The van der Waals surface area contributed by atoms with E-state index in [1.165, 1.54) is 23.1 Å². The van der Waals surface area contributed by atoms with Crippen LogP contribution in [0, 0.1) is 5.41 Å². The van der Waals surface area contributed by atoms with Crippen molar-refractivity contribution in [3.05, 3.63) is 34.9 Å². The van der Waals surface area contributed by atoms with Crippen LogP contribution in [0.2, 0.25) is 0 Å². The van der Waals surface area contributed by atoms with Gasteiger partial charge in [-0.1, -0.05) is 24.6 Å². The van der Waals surface area contributed by atoms with Gasteiger partial charge >= 0.3 is 0 Å². The molecule has 1 aliphatic carbocycles. The van der Waals surface area contributed by atoms with Gasteiger partial charge in [0.1, 0.15) is 0 Å². The minimum atomic E-state index is 0.0208. The first-order valence-electron chi connectivity index (χ1n) is 9.46. The van der Waals surface area contributed by atoms with Gasteiger partial charge in [0.15, 0.2) is 0 Å². The van der Waals surface area contributed by atoms with Crippen LogP contribution in [-0.2, 0) is 29.0 Å². The quantitative estimate of drug-likeness (QED) is 0.841. The predicted octanol–water partition coefficient (Wildman–Crippen LogP) is 2.56. The van der Waals surface area contributed by atoms with Gasteiger partial charge < -0.3 is 19.9 Å². The number of rotatable bonds is 6. The van der Waals surface area contributed by atoms with Gasteiger partial charge in [0, 0.05) is 24.6 Å². The summed E-state index contributed by atoms with van der Waals surface area (Å²) in [6, 6.07) is 6.80. The van der Waals surface area contributed by atoms with Crippen molar-refractivity contribution >= 4 is 0 Å². The summed E-state index contributed by atoms with van der Waals surface area (Å²) < 4.78 is 11.6. The number of aliphatic hydroxyl groups is 1. The number of hydrogen-bond acceptors (Lipinski definition) is 4. The Labute approximate surface area is 144 Å². The molecule has 2 N–H and O–H groups in total. The highest BCUT2D eigenvalue weighted by atomic mass is 16.5. The van der Waals surface area contributed by atoms with Crippen LogP contribution in [0.15, 0.2) is 18.2 Å². The Hall–Kier alpha value is -0.940. The van der Waals surface area contributed by atoms with Crippen molar-refractivity contribution in [2.75, 3.05) is 19.8 Å². The lowest BCUT2D eigenvalue weighted by Crippen LogP contribution is -2.57. The molecule has 0 bridgehead atoms. The van der Waals surface area contributed by atoms with E-state index < -0.39 is 0 Å². The third-order valence-corrected chi connectivity index (χ3v) is 6.30. The highest BCUT2D eigenvalue weighted by Gasteiger charge is 2.47. The summed E-state index contributed by atoms with van der Waals surface area (Å²) in [5.74, 6) is 0. The zero-order valence-corrected chi connectivity index (χ0v) is 14.4. The van der Waals surface area contributed by atoms with E-state index in [-0.39, 0.29) is 24.2 Å². The van der Waals surface area contributed by atoms with Gasteiger partial charge in [0.25, 0.3) is 0 Å². The fourth-order valence-corrected chi connectivity index (χ4v) is 4.69. The largest absolute Gasteiger partial charge is 0.396 e. The maximum atomic E-state index is 10.0. The Balaban J connectivity index is 1.51. The van der Waals surface area contributed by atoms with Crippen LogP contribution in [0.3, 0.4) is 0 Å². The van der Waals surface area contributed by atoms with Crippen molar-refractivity contribution in [2.24, 2.45) is 5.41 Å². The Morgan fingerprint density at radius 3 is 2.88 bits per heavy atom. The van der Waals surface area contributed by atoms with E-state index in [4.69, 9.17) is 9.47 Å². The fraction of sp³-hybridized carbons (Fsp3) is 0.700. The Morgan fingerprint density at radius 2 is 2.17 bits per heavy atom. The fourth-order valence-electron chi connectivity index (χ4n) is 4.69. The lowest BCUT2D eigenvalue weighted by molar-refractivity contribution is -0.0517. The van der Waals surface area contributed by atoms with Gasteiger partial charge in [0.05, 0.1) is 25.9 Å². The van der Waals surface area contributed by atoms with Crippen molar-refractivity contribution < 1.29 is 14.6 Å². The molecular weight excluding hydrogens is 302 g/mol. The second kappa shape index (κ2) is 7.12. The Kier molecular flexibility index (Phi) is 4.90. The van der Waals surface area contributed by atoms with Gasteiger partial charge in [-0.2, -0.15) is 0 Å². The van der Waals surface area contributed by atoms with E-state index >= 15 is 0 Å². The molecule has 1 aromatic carbocycles. The SMILES string of the molecule is OCC1(C(NCc2cccc3c2CCOC3)C2CCCO2)CCC1. The average Bonchev–Trinajstić information content (AvgIpc) is 3.11. The number of nitrogens with one attached hydrogen (secondary N) is 1. The highest BCUT2D eigenvalue weighted by Crippen LogP contribution is 2.46. The summed E-state index contributed by atoms with van der Waals surface area (Å²) in [5.41, 5.74) is 4.18. The summed E-state index contributed by atoms with van der Waals surface area (Å²) in [6.45, 7) is 3.54. The number of fused-ring (bicyclic) bond motifs is 1. The number of benzene rings is 1.